The number of carboxylic acids is 1. The normalized spacial score (nSPS) is 10.0. The number of carboxylic acid groups (broad SMARTS) is 1. The van der Waals surface area contributed by atoms with Crippen molar-refractivity contribution in [3.63, 3.8) is 0 Å². The van der Waals surface area contributed by atoms with Crippen LogP contribution in [0.2, 0.25) is 0 Å². The molecule has 60 valence electrons. The molecule has 0 aliphatic heterocycles. The van der Waals surface area contributed by atoms with Crippen molar-refractivity contribution in [2.45, 2.75) is 13.5 Å². The summed E-state index contributed by atoms with van der Waals surface area (Å²) in [5, 5.41) is 17.1. The van der Waals surface area contributed by atoms with E-state index in [1.807, 2.05) is 0 Å². The second-order valence-electron chi connectivity index (χ2n) is 2.18. The highest BCUT2D eigenvalue weighted by Crippen LogP contribution is 2.13. The Morgan fingerprint density at radius 1 is 1.73 bits per heavy atom. The van der Waals surface area contributed by atoms with E-state index in [4.69, 9.17) is 14.6 Å². The summed E-state index contributed by atoms with van der Waals surface area (Å²) < 4.78 is 4.78. The van der Waals surface area contributed by atoms with Crippen LogP contribution in [-0.4, -0.2) is 16.2 Å². The summed E-state index contributed by atoms with van der Waals surface area (Å²) in [6, 6.07) is 1.38. The van der Waals surface area contributed by atoms with Crippen LogP contribution in [0.1, 0.15) is 21.9 Å². The van der Waals surface area contributed by atoms with E-state index in [0.29, 0.717) is 11.3 Å². The van der Waals surface area contributed by atoms with Gasteiger partial charge >= 0.3 is 5.97 Å². The summed E-state index contributed by atoms with van der Waals surface area (Å²) in [5.74, 6) is -0.943. The van der Waals surface area contributed by atoms with Gasteiger partial charge in [-0.1, -0.05) is 0 Å². The average Bonchev–Trinajstić information content (AvgIpc) is 2.31. The number of aliphatic hydroxyl groups excluding tert-OH is 1. The summed E-state index contributed by atoms with van der Waals surface area (Å²) in [6.45, 7) is 1.42. The van der Waals surface area contributed by atoms with Crippen molar-refractivity contribution in [1.82, 2.24) is 0 Å². The maximum absolute atomic E-state index is 10.3. The van der Waals surface area contributed by atoms with Gasteiger partial charge in [-0.05, 0) is 18.6 Å². The molecule has 0 aliphatic carbocycles. The topological polar surface area (TPSA) is 70.7 Å². The number of hydrogen-bond donors (Lipinski definition) is 2. The lowest BCUT2D eigenvalue weighted by Crippen LogP contribution is -1.91. The zero-order valence-electron chi connectivity index (χ0n) is 6.00. The molecular formula is C7H8O4. The molecule has 11 heavy (non-hydrogen) atoms. The summed E-state index contributed by atoms with van der Waals surface area (Å²) in [4.78, 5) is 10.3. The van der Waals surface area contributed by atoms with E-state index in [9.17, 15) is 4.79 Å². The van der Waals surface area contributed by atoms with Gasteiger partial charge in [-0.15, -0.1) is 0 Å². The first kappa shape index (κ1) is 7.81. The first-order valence-electron chi connectivity index (χ1n) is 3.08. The molecule has 1 heterocycles. The molecule has 0 atom stereocenters. The number of carbonyl (C=O) groups is 1. The van der Waals surface area contributed by atoms with Crippen molar-refractivity contribution >= 4 is 5.97 Å². The van der Waals surface area contributed by atoms with Crippen molar-refractivity contribution in [2.24, 2.45) is 0 Å². The molecule has 0 aromatic carbocycles. The molecule has 0 unspecified atom stereocenters. The Hall–Kier alpha value is -1.29. The minimum atomic E-state index is -1.12. The third-order valence-electron chi connectivity index (χ3n) is 1.37. The largest absolute Gasteiger partial charge is 0.475 e. The van der Waals surface area contributed by atoms with Crippen LogP contribution < -0.4 is 0 Å². The van der Waals surface area contributed by atoms with Crippen molar-refractivity contribution < 1.29 is 19.4 Å². The number of hydrogen-bond acceptors (Lipinski definition) is 3. The molecule has 0 saturated heterocycles. The van der Waals surface area contributed by atoms with Gasteiger partial charge in [-0.3, -0.25) is 0 Å². The van der Waals surface area contributed by atoms with E-state index in [2.05, 4.69) is 0 Å². The minimum Gasteiger partial charge on any atom is -0.475 e. The first-order chi connectivity index (χ1) is 5.15. The number of aliphatic hydroxyl groups is 1. The fourth-order valence-corrected chi connectivity index (χ4v) is 0.782. The third-order valence-corrected chi connectivity index (χ3v) is 1.37. The number of aryl methyl sites for hydroxylation is 1. The molecule has 2 N–H and O–H groups in total. The highest BCUT2D eigenvalue weighted by Gasteiger charge is 2.11. The van der Waals surface area contributed by atoms with Gasteiger partial charge in [-0.25, -0.2) is 4.79 Å². The van der Waals surface area contributed by atoms with Crippen molar-refractivity contribution in [3.05, 3.63) is 23.2 Å². The van der Waals surface area contributed by atoms with Crippen molar-refractivity contribution in [1.29, 1.82) is 0 Å². The molecule has 0 saturated carbocycles. The van der Waals surface area contributed by atoms with E-state index in [-0.39, 0.29) is 12.4 Å². The lowest BCUT2D eigenvalue weighted by molar-refractivity contribution is 0.0657. The molecular weight excluding hydrogens is 148 g/mol. The molecule has 4 heteroatoms. The van der Waals surface area contributed by atoms with Gasteiger partial charge in [0.15, 0.2) is 0 Å². The minimum absolute atomic E-state index is 0.133. The molecule has 0 aliphatic rings. The molecule has 4 nitrogen and oxygen atoms in total. The Balaban J connectivity index is 3.05. The fourth-order valence-electron chi connectivity index (χ4n) is 0.782. The monoisotopic (exact) mass is 156 g/mol. The molecule has 0 bridgehead atoms. The van der Waals surface area contributed by atoms with Crippen LogP contribution in [0.3, 0.4) is 0 Å². The Kier molecular flexibility index (Phi) is 1.96. The zero-order chi connectivity index (χ0) is 8.43. The van der Waals surface area contributed by atoms with Gasteiger partial charge in [0.05, 0.1) is 0 Å². The Labute approximate surface area is 63.1 Å². The van der Waals surface area contributed by atoms with Crippen molar-refractivity contribution in [3.8, 4) is 0 Å². The van der Waals surface area contributed by atoms with Crippen LogP contribution in [0.5, 0.6) is 0 Å². The van der Waals surface area contributed by atoms with Gasteiger partial charge in [0, 0.05) is 0 Å². The average molecular weight is 156 g/mol. The Morgan fingerprint density at radius 3 is 2.64 bits per heavy atom. The second kappa shape index (κ2) is 2.75. The highest BCUT2D eigenvalue weighted by molar-refractivity contribution is 5.84. The van der Waals surface area contributed by atoms with Crippen LogP contribution in [0.25, 0.3) is 0 Å². The predicted octanol–water partition coefficient (Wildman–Crippen LogP) is 0.779. The quantitative estimate of drug-likeness (QED) is 0.663. The number of rotatable bonds is 2. The maximum Gasteiger partial charge on any atom is 0.371 e. The molecule has 0 amide bonds. The van der Waals surface area contributed by atoms with E-state index in [0.717, 1.165) is 0 Å². The van der Waals surface area contributed by atoms with Crippen LogP contribution in [0.4, 0.5) is 0 Å². The van der Waals surface area contributed by atoms with Gasteiger partial charge in [-0.2, -0.15) is 0 Å². The lowest BCUT2D eigenvalue weighted by atomic mass is 10.3. The zero-order valence-corrected chi connectivity index (χ0v) is 6.00. The summed E-state index contributed by atoms with van der Waals surface area (Å²) in [7, 11) is 0. The van der Waals surface area contributed by atoms with E-state index in [1.54, 1.807) is 6.92 Å². The fraction of sp³-hybridized carbons (Fsp3) is 0.286. The molecule has 1 rings (SSSR count). The molecule has 1 aromatic heterocycles. The standard InChI is InChI=1S/C7H8O4/c1-4-2-5(7(9)10)11-6(4)3-8/h2,8H,3H2,1H3,(H,9,10). The SMILES string of the molecule is Cc1cc(C(=O)O)oc1CO. The second-order valence-corrected chi connectivity index (χ2v) is 2.18. The highest BCUT2D eigenvalue weighted by atomic mass is 16.4. The summed E-state index contributed by atoms with van der Waals surface area (Å²) >= 11 is 0. The van der Waals surface area contributed by atoms with Gasteiger partial charge < -0.3 is 14.6 Å². The van der Waals surface area contributed by atoms with E-state index in [1.165, 1.54) is 6.07 Å². The number of furan rings is 1. The van der Waals surface area contributed by atoms with Crippen LogP contribution in [0, 0.1) is 6.92 Å². The van der Waals surface area contributed by atoms with E-state index >= 15 is 0 Å². The Morgan fingerprint density at radius 2 is 2.36 bits per heavy atom. The molecule has 0 radical (unpaired) electrons. The van der Waals surface area contributed by atoms with Gasteiger partial charge in [0.2, 0.25) is 5.76 Å². The Bertz CT molecular complexity index is 274. The summed E-state index contributed by atoms with van der Waals surface area (Å²) in [6.07, 6.45) is 0. The molecule has 1 aromatic rings. The van der Waals surface area contributed by atoms with Crippen LogP contribution >= 0.6 is 0 Å². The maximum atomic E-state index is 10.3. The first-order valence-corrected chi connectivity index (χ1v) is 3.08. The smallest absolute Gasteiger partial charge is 0.371 e. The van der Waals surface area contributed by atoms with Crippen molar-refractivity contribution in [2.75, 3.05) is 0 Å². The predicted molar refractivity (Wildman–Crippen MR) is 36.3 cm³/mol. The molecule has 0 fully saturated rings. The van der Waals surface area contributed by atoms with Gasteiger partial charge in [0.1, 0.15) is 12.4 Å². The summed E-state index contributed by atoms with van der Waals surface area (Å²) in [5.41, 5.74) is 0.657. The lowest BCUT2D eigenvalue weighted by Gasteiger charge is -1.88. The van der Waals surface area contributed by atoms with Crippen LogP contribution in [-0.2, 0) is 6.61 Å². The molecule has 0 spiro atoms. The number of aromatic carboxylic acids is 1. The third kappa shape index (κ3) is 1.40. The van der Waals surface area contributed by atoms with Crippen LogP contribution in [0.15, 0.2) is 10.5 Å². The van der Waals surface area contributed by atoms with E-state index < -0.39 is 5.97 Å². The van der Waals surface area contributed by atoms with Gasteiger partial charge in [0.25, 0.3) is 0 Å².